The first kappa shape index (κ1) is 5.59. The number of thioether (sulfide) groups is 1. The predicted octanol–water partition coefficient (Wildman–Crippen LogP) is 0.238. The van der Waals surface area contributed by atoms with Crippen LogP contribution >= 0.6 is 11.8 Å². The van der Waals surface area contributed by atoms with Gasteiger partial charge in [-0.3, -0.25) is 4.79 Å². The van der Waals surface area contributed by atoms with Crippen LogP contribution in [0.3, 0.4) is 0 Å². The third-order valence-corrected chi connectivity index (χ3v) is 3.38. The number of rotatable bonds is 0. The van der Waals surface area contributed by atoms with E-state index in [0.717, 1.165) is 24.0 Å². The van der Waals surface area contributed by atoms with Gasteiger partial charge < -0.3 is 5.32 Å². The second-order valence-corrected chi connectivity index (χ2v) is 3.97. The summed E-state index contributed by atoms with van der Waals surface area (Å²) in [4.78, 5) is 10.9. The monoisotopic (exact) mass is 143 g/mol. The predicted molar refractivity (Wildman–Crippen MR) is 37.4 cm³/mol. The summed E-state index contributed by atoms with van der Waals surface area (Å²) in [6, 6.07) is 0. The second-order valence-electron chi connectivity index (χ2n) is 2.63. The Morgan fingerprint density at radius 2 is 2.56 bits per heavy atom. The molecule has 2 heterocycles. The lowest BCUT2D eigenvalue weighted by Crippen LogP contribution is -2.39. The van der Waals surface area contributed by atoms with Crippen molar-refractivity contribution in [3.63, 3.8) is 0 Å². The maximum atomic E-state index is 10.9. The lowest BCUT2D eigenvalue weighted by atomic mass is 10.0. The number of hydrogen-bond donors (Lipinski definition) is 1. The SMILES string of the molecule is O=C1NCC2CC1CS2. The standard InChI is InChI=1S/C6H9NOS/c8-6-4-1-5(2-7-6)9-3-4/h4-5H,1-3H2,(H,7,8). The van der Waals surface area contributed by atoms with Crippen molar-refractivity contribution in [2.24, 2.45) is 5.92 Å². The van der Waals surface area contributed by atoms with Crippen molar-refractivity contribution in [2.45, 2.75) is 11.7 Å². The Balaban J connectivity index is 2.14. The quantitative estimate of drug-likeness (QED) is 0.526. The van der Waals surface area contributed by atoms with E-state index in [1.807, 2.05) is 11.8 Å². The molecule has 2 aliphatic heterocycles. The first-order valence-electron chi connectivity index (χ1n) is 3.25. The Labute approximate surface area is 58.4 Å². The molecule has 3 heteroatoms. The van der Waals surface area contributed by atoms with Gasteiger partial charge in [-0.1, -0.05) is 0 Å². The summed E-state index contributed by atoms with van der Waals surface area (Å²) in [5.41, 5.74) is 0. The van der Waals surface area contributed by atoms with Gasteiger partial charge in [-0.05, 0) is 6.42 Å². The van der Waals surface area contributed by atoms with Crippen molar-refractivity contribution in [1.82, 2.24) is 5.32 Å². The fourth-order valence-corrected chi connectivity index (χ4v) is 2.75. The smallest absolute Gasteiger partial charge is 0.224 e. The van der Waals surface area contributed by atoms with Crippen LogP contribution in [-0.4, -0.2) is 23.5 Å². The largest absolute Gasteiger partial charge is 0.355 e. The van der Waals surface area contributed by atoms with Crippen LogP contribution in [0.5, 0.6) is 0 Å². The van der Waals surface area contributed by atoms with Crippen LogP contribution in [0.4, 0.5) is 0 Å². The fraction of sp³-hybridized carbons (Fsp3) is 0.833. The number of carbonyl (C=O) groups is 1. The molecule has 0 aromatic heterocycles. The molecule has 1 N–H and O–H groups in total. The Morgan fingerprint density at radius 1 is 1.67 bits per heavy atom. The zero-order valence-electron chi connectivity index (χ0n) is 5.09. The molecule has 9 heavy (non-hydrogen) atoms. The zero-order chi connectivity index (χ0) is 6.27. The van der Waals surface area contributed by atoms with E-state index in [4.69, 9.17) is 0 Å². The van der Waals surface area contributed by atoms with E-state index in [2.05, 4.69) is 5.32 Å². The van der Waals surface area contributed by atoms with Crippen molar-refractivity contribution in [2.75, 3.05) is 12.3 Å². The van der Waals surface area contributed by atoms with Crippen LogP contribution < -0.4 is 5.32 Å². The van der Waals surface area contributed by atoms with E-state index >= 15 is 0 Å². The first-order valence-corrected chi connectivity index (χ1v) is 4.30. The van der Waals surface area contributed by atoms with Gasteiger partial charge in [0, 0.05) is 23.5 Å². The number of amides is 1. The molecule has 0 radical (unpaired) electrons. The molecule has 0 spiro atoms. The van der Waals surface area contributed by atoms with Gasteiger partial charge in [-0.2, -0.15) is 11.8 Å². The molecule has 2 atom stereocenters. The molecule has 0 aliphatic carbocycles. The van der Waals surface area contributed by atoms with E-state index in [9.17, 15) is 4.79 Å². The van der Waals surface area contributed by atoms with Crippen LogP contribution in [0.1, 0.15) is 6.42 Å². The molecule has 2 bridgehead atoms. The average Bonchev–Trinajstić information content (AvgIpc) is 2.25. The van der Waals surface area contributed by atoms with E-state index in [-0.39, 0.29) is 5.91 Å². The molecule has 2 unspecified atom stereocenters. The van der Waals surface area contributed by atoms with Crippen molar-refractivity contribution in [1.29, 1.82) is 0 Å². The zero-order valence-corrected chi connectivity index (χ0v) is 5.91. The van der Waals surface area contributed by atoms with Gasteiger partial charge in [0.2, 0.25) is 5.91 Å². The molecule has 0 aromatic rings. The lowest BCUT2D eigenvalue weighted by molar-refractivity contribution is -0.125. The highest BCUT2D eigenvalue weighted by molar-refractivity contribution is 8.00. The maximum Gasteiger partial charge on any atom is 0.224 e. The molecular weight excluding hydrogens is 134 g/mol. The summed E-state index contributed by atoms with van der Waals surface area (Å²) >= 11 is 1.93. The number of carbonyl (C=O) groups excluding carboxylic acids is 1. The molecule has 50 valence electrons. The summed E-state index contributed by atoms with van der Waals surface area (Å²) in [5.74, 6) is 1.67. The Hall–Kier alpha value is -0.180. The van der Waals surface area contributed by atoms with Gasteiger partial charge in [-0.15, -0.1) is 0 Å². The highest BCUT2D eigenvalue weighted by Gasteiger charge is 2.34. The highest BCUT2D eigenvalue weighted by Crippen LogP contribution is 2.33. The minimum Gasteiger partial charge on any atom is -0.355 e. The molecular formula is C6H9NOS. The number of fused-ring (bicyclic) bond motifs is 2. The number of nitrogens with one attached hydrogen (secondary N) is 1. The van der Waals surface area contributed by atoms with Crippen molar-refractivity contribution in [3.05, 3.63) is 0 Å². The van der Waals surface area contributed by atoms with E-state index < -0.39 is 0 Å². The van der Waals surface area contributed by atoms with Crippen LogP contribution in [0, 0.1) is 5.92 Å². The molecule has 2 rings (SSSR count). The normalized spacial score (nSPS) is 40.7. The maximum absolute atomic E-state index is 10.9. The van der Waals surface area contributed by atoms with Gasteiger partial charge in [0.05, 0.1) is 0 Å². The average molecular weight is 143 g/mol. The number of hydrogen-bond acceptors (Lipinski definition) is 2. The van der Waals surface area contributed by atoms with Gasteiger partial charge in [0.1, 0.15) is 0 Å². The third-order valence-electron chi connectivity index (χ3n) is 1.96. The molecule has 2 saturated heterocycles. The Kier molecular flexibility index (Phi) is 1.18. The summed E-state index contributed by atoms with van der Waals surface area (Å²) in [5, 5.41) is 3.61. The van der Waals surface area contributed by atoms with Gasteiger partial charge in [0.15, 0.2) is 0 Å². The molecule has 1 amide bonds. The third kappa shape index (κ3) is 0.834. The van der Waals surface area contributed by atoms with Gasteiger partial charge in [0.25, 0.3) is 0 Å². The molecule has 0 saturated carbocycles. The van der Waals surface area contributed by atoms with Crippen LogP contribution in [0.25, 0.3) is 0 Å². The van der Waals surface area contributed by atoms with Crippen LogP contribution in [0.2, 0.25) is 0 Å². The summed E-state index contributed by atoms with van der Waals surface area (Å²) in [7, 11) is 0. The van der Waals surface area contributed by atoms with Crippen molar-refractivity contribution >= 4 is 17.7 Å². The van der Waals surface area contributed by atoms with E-state index in [1.165, 1.54) is 0 Å². The van der Waals surface area contributed by atoms with Gasteiger partial charge >= 0.3 is 0 Å². The van der Waals surface area contributed by atoms with E-state index in [1.54, 1.807) is 0 Å². The van der Waals surface area contributed by atoms with Crippen LogP contribution in [0.15, 0.2) is 0 Å². The highest BCUT2D eigenvalue weighted by atomic mass is 32.2. The minimum atomic E-state index is 0.274. The Morgan fingerprint density at radius 3 is 3.33 bits per heavy atom. The van der Waals surface area contributed by atoms with Crippen LogP contribution in [-0.2, 0) is 4.79 Å². The van der Waals surface area contributed by atoms with Crippen molar-refractivity contribution < 1.29 is 4.79 Å². The van der Waals surface area contributed by atoms with Gasteiger partial charge in [-0.25, -0.2) is 0 Å². The lowest BCUT2D eigenvalue weighted by Gasteiger charge is -2.17. The summed E-state index contributed by atoms with van der Waals surface area (Å²) < 4.78 is 0. The Bertz CT molecular complexity index is 148. The number of piperidine rings is 1. The van der Waals surface area contributed by atoms with Crippen molar-refractivity contribution in [3.8, 4) is 0 Å². The minimum absolute atomic E-state index is 0.274. The molecule has 2 nitrogen and oxygen atoms in total. The van der Waals surface area contributed by atoms with E-state index in [0.29, 0.717) is 5.92 Å². The topological polar surface area (TPSA) is 29.1 Å². The molecule has 2 fully saturated rings. The molecule has 2 aliphatic rings. The summed E-state index contributed by atoms with van der Waals surface area (Å²) in [6.45, 7) is 0.903. The second kappa shape index (κ2) is 1.90. The fourth-order valence-electron chi connectivity index (χ4n) is 1.39. The molecule has 0 aromatic carbocycles. The summed E-state index contributed by atoms with van der Waals surface area (Å²) in [6.07, 6.45) is 1.12. The first-order chi connectivity index (χ1) is 4.36.